The topological polar surface area (TPSA) is 77.6 Å². The summed E-state index contributed by atoms with van der Waals surface area (Å²) in [6.07, 6.45) is 13.0. The van der Waals surface area contributed by atoms with Crippen LogP contribution >= 0.6 is 0 Å². The predicted octanol–water partition coefficient (Wildman–Crippen LogP) is 2.47. The summed E-state index contributed by atoms with van der Waals surface area (Å²) >= 11 is 0. The smallest absolute Gasteiger partial charge is 0.245 e. The van der Waals surface area contributed by atoms with Gasteiger partial charge in [0.1, 0.15) is 11.6 Å². The number of rotatable bonds is 4. The standard InChI is InChI=1S/C21H24N6O2/c1-3-19(28)26-8-5-21(6-9-26)10-16(11-21)29-20-18-4-7-22-27(18)14-17(24-20)15-12-23-25(2)13-15/h3-4,7,12-14,16H,1,5-6,8-11H2,2H3. The van der Waals surface area contributed by atoms with E-state index in [-0.39, 0.29) is 12.0 Å². The molecule has 0 N–H and O–H groups in total. The average molecular weight is 392 g/mol. The number of amides is 1. The molecule has 0 radical (unpaired) electrons. The maximum atomic E-state index is 11.8. The highest BCUT2D eigenvalue weighted by molar-refractivity contribution is 5.87. The number of nitrogens with zero attached hydrogens (tertiary/aromatic N) is 6. The molecule has 1 amide bonds. The largest absolute Gasteiger partial charge is 0.473 e. The Bertz CT molecular complexity index is 1070. The van der Waals surface area contributed by atoms with Gasteiger partial charge in [-0.05, 0) is 43.2 Å². The zero-order valence-corrected chi connectivity index (χ0v) is 16.5. The summed E-state index contributed by atoms with van der Waals surface area (Å²) < 4.78 is 9.88. The molecule has 5 rings (SSSR count). The van der Waals surface area contributed by atoms with Gasteiger partial charge in [0.05, 0.1) is 24.3 Å². The molecule has 1 aliphatic carbocycles. The molecule has 1 saturated carbocycles. The molecule has 8 heteroatoms. The van der Waals surface area contributed by atoms with Crippen LogP contribution in [-0.4, -0.2) is 54.4 Å². The van der Waals surface area contributed by atoms with Gasteiger partial charge in [-0.2, -0.15) is 10.2 Å². The monoisotopic (exact) mass is 392 g/mol. The number of piperidine rings is 1. The molecule has 3 aromatic rings. The third kappa shape index (κ3) is 3.18. The van der Waals surface area contributed by atoms with E-state index in [1.165, 1.54) is 6.08 Å². The Labute approximate surface area is 168 Å². The highest BCUT2D eigenvalue weighted by Gasteiger charge is 2.47. The number of fused-ring (bicyclic) bond motifs is 1. The molecule has 0 aromatic carbocycles. The van der Waals surface area contributed by atoms with E-state index in [4.69, 9.17) is 9.72 Å². The van der Waals surface area contributed by atoms with E-state index in [1.54, 1.807) is 21.6 Å². The maximum absolute atomic E-state index is 11.8. The molecule has 150 valence electrons. The third-order valence-electron chi connectivity index (χ3n) is 6.27. The number of hydrogen-bond donors (Lipinski definition) is 0. The van der Waals surface area contributed by atoms with Gasteiger partial charge < -0.3 is 9.64 Å². The lowest BCUT2D eigenvalue weighted by Crippen LogP contribution is -2.51. The maximum Gasteiger partial charge on any atom is 0.245 e. The molecule has 0 bridgehead atoms. The van der Waals surface area contributed by atoms with Crippen LogP contribution in [0.5, 0.6) is 5.88 Å². The van der Waals surface area contributed by atoms with Gasteiger partial charge in [-0.1, -0.05) is 6.58 Å². The lowest BCUT2D eigenvalue weighted by molar-refractivity contribution is -0.131. The third-order valence-corrected chi connectivity index (χ3v) is 6.27. The highest BCUT2D eigenvalue weighted by Crippen LogP contribution is 2.50. The Morgan fingerprint density at radius 3 is 2.76 bits per heavy atom. The van der Waals surface area contributed by atoms with Gasteiger partial charge in [-0.25, -0.2) is 9.50 Å². The van der Waals surface area contributed by atoms with Crippen LogP contribution in [0, 0.1) is 5.41 Å². The zero-order chi connectivity index (χ0) is 20.0. The average Bonchev–Trinajstić information content (AvgIpc) is 3.35. The van der Waals surface area contributed by atoms with Gasteiger partial charge in [0.15, 0.2) is 0 Å². The summed E-state index contributed by atoms with van der Waals surface area (Å²) in [6, 6.07) is 1.92. The lowest BCUT2D eigenvalue weighted by atomic mass is 9.61. The van der Waals surface area contributed by atoms with E-state index >= 15 is 0 Å². The Morgan fingerprint density at radius 1 is 1.28 bits per heavy atom. The van der Waals surface area contributed by atoms with Crippen LogP contribution in [0.1, 0.15) is 25.7 Å². The van der Waals surface area contributed by atoms with Gasteiger partial charge >= 0.3 is 0 Å². The van der Waals surface area contributed by atoms with Crippen molar-refractivity contribution < 1.29 is 9.53 Å². The number of carbonyl (C=O) groups excluding carboxylic acids is 1. The van der Waals surface area contributed by atoms with Crippen molar-refractivity contribution in [2.75, 3.05) is 13.1 Å². The molecule has 1 spiro atoms. The van der Waals surface area contributed by atoms with Crippen LogP contribution in [0.15, 0.2) is 43.5 Å². The van der Waals surface area contributed by atoms with Gasteiger partial charge in [0, 0.05) is 31.9 Å². The van der Waals surface area contributed by atoms with Gasteiger partial charge in [0.25, 0.3) is 0 Å². The second-order valence-electron chi connectivity index (χ2n) is 8.17. The first kappa shape index (κ1) is 17.9. The summed E-state index contributed by atoms with van der Waals surface area (Å²) in [5, 5.41) is 8.60. The molecule has 0 unspecified atom stereocenters. The first-order valence-corrected chi connectivity index (χ1v) is 9.97. The molecule has 1 saturated heterocycles. The predicted molar refractivity (Wildman–Crippen MR) is 107 cm³/mol. The molecular weight excluding hydrogens is 368 g/mol. The van der Waals surface area contributed by atoms with Crippen LogP contribution in [0.25, 0.3) is 16.8 Å². The van der Waals surface area contributed by atoms with Crippen molar-refractivity contribution in [1.82, 2.24) is 29.3 Å². The van der Waals surface area contributed by atoms with Gasteiger partial charge in [-0.3, -0.25) is 9.48 Å². The summed E-state index contributed by atoms with van der Waals surface area (Å²) in [6.45, 7) is 5.19. The molecule has 1 aliphatic heterocycles. The van der Waals surface area contributed by atoms with Crippen molar-refractivity contribution in [2.45, 2.75) is 31.8 Å². The fourth-order valence-corrected chi connectivity index (χ4v) is 4.56. The number of aromatic nitrogens is 5. The fourth-order valence-electron chi connectivity index (χ4n) is 4.56. The molecule has 0 atom stereocenters. The molecule has 29 heavy (non-hydrogen) atoms. The van der Waals surface area contributed by atoms with E-state index in [2.05, 4.69) is 16.8 Å². The SMILES string of the molecule is C=CC(=O)N1CCC2(CC1)CC(Oc1nc(-c3cnn(C)c3)cn3nccc13)C2. The van der Waals surface area contributed by atoms with Crippen molar-refractivity contribution >= 4 is 11.4 Å². The van der Waals surface area contributed by atoms with Crippen molar-refractivity contribution in [3.63, 3.8) is 0 Å². The Morgan fingerprint density at radius 2 is 2.07 bits per heavy atom. The van der Waals surface area contributed by atoms with Gasteiger partial charge in [-0.15, -0.1) is 0 Å². The van der Waals surface area contributed by atoms with E-state index in [9.17, 15) is 4.79 Å². The molecule has 4 heterocycles. The Balaban J connectivity index is 1.30. The van der Waals surface area contributed by atoms with Gasteiger partial charge in [0.2, 0.25) is 11.8 Å². The molecular formula is C21H24N6O2. The summed E-state index contributed by atoms with van der Waals surface area (Å²) in [5.74, 6) is 0.648. The first-order valence-electron chi connectivity index (χ1n) is 9.97. The Kier molecular flexibility index (Phi) is 4.15. The minimum absolute atomic E-state index is 0.0338. The van der Waals surface area contributed by atoms with E-state index < -0.39 is 0 Å². The number of ether oxygens (including phenoxy) is 1. The van der Waals surface area contributed by atoms with Crippen LogP contribution in [0.3, 0.4) is 0 Å². The normalized spacial score (nSPS) is 18.7. The second kappa shape index (κ2) is 6.72. The highest BCUT2D eigenvalue weighted by atomic mass is 16.5. The van der Waals surface area contributed by atoms with Crippen LogP contribution in [0.2, 0.25) is 0 Å². The quantitative estimate of drug-likeness (QED) is 0.638. The first-order chi connectivity index (χ1) is 14.0. The molecule has 8 nitrogen and oxygen atoms in total. The summed E-state index contributed by atoms with van der Waals surface area (Å²) in [5.41, 5.74) is 2.87. The van der Waals surface area contributed by atoms with Crippen molar-refractivity contribution in [1.29, 1.82) is 0 Å². The summed E-state index contributed by atoms with van der Waals surface area (Å²) in [7, 11) is 1.88. The van der Waals surface area contributed by atoms with E-state index in [1.807, 2.05) is 30.4 Å². The minimum atomic E-state index is 0.0338. The number of carbonyl (C=O) groups is 1. The van der Waals surface area contributed by atoms with E-state index in [0.29, 0.717) is 11.3 Å². The lowest BCUT2D eigenvalue weighted by Gasteiger charge is -2.51. The summed E-state index contributed by atoms with van der Waals surface area (Å²) in [4.78, 5) is 18.4. The fraction of sp³-hybridized carbons (Fsp3) is 0.429. The molecule has 2 aliphatic rings. The van der Waals surface area contributed by atoms with Crippen LogP contribution < -0.4 is 4.74 Å². The molecule has 2 fully saturated rings. The minimum Gasteiger partial charge on any atom is -0.473 e. The van der Waals surface area contributed by atoms with Crippen LogP contribution in [-0.2, 0) is 11.8 Å². The van der Waals surface area contributed by atoms with E-state index in [0.717, 1.165) is 55.5 Å². The van der Waals surface area contributed by atoms with Crippen molar-refractivity contribution in [3.05, 3.63) is 43.5 Å². The molecule has 3 aromatic heterocycles. The number of hydrogen-bond acceptors (Lipinski definition) is 5. The van der Waals surface area contributed by atoms with Crippen molar-refractivity contribution in [2.24, 2.45) is 12.5 Å². The number of likely N-dealkylation sites (tertiary alicyclic amines) is 1. The van der Waals surface area contributed by atoms with Crippen LogP contribution in [0.4, 0.5) is 0 Å². The van der Waals surface area contributed by atoms with Crippen molar-refractivity contribution in [3.8, 4) is 17.1 Å². The second-order valence-corrected chi connectivity index (χ2v) is 8.17. The Hall–Kier alpha value is -3.16. The number of aryl methyl sites for hydroxylation is 1. The zero-order valence-electron chi connectivity index (χ0n) is 16.5.